The van der Waals surface area contributed by atoms with E-state index in [1.54, 1.807) is 42.6 Å². The third-order valence-electron chi connectivity index (χ3n) is 7.34. The number of allylic oxidation sites excluding steroid dienone is 3. The second kappa shape index (κ2) is 12.3. The van der Waals surface area contributed by atoms with Crippen LogP contribution < -0.4 is 26.5 Å². The lowest BCUT2D eigenvalue weighted by molar-refractivity contribution is 0.0342. The number of hydrogen-bond acceptors (Lipinski definition) is 6. The fraction of sp³-hybridized carbons (Fsp3) is 0.212. The third-order valence-corrected chi connectivity index (χ3v) is 7.34. The molecule has 0 amide bonds. The molecule has 0 saturated carbocycles. The van der Waals surface area contributed by atoms with E-state index in [0.29, 0.717) is 42.4 Å². The van der Waals surface area contributed by atoms with Gasteiger partial charge < -0.3 is 24.4 Å². The van der Waals surface area contributed by atoms with Gasteiger partial charge in [-0.25, -0.2) is 14.2 Å². The summed E-state index contributed by atoms with van der Waals surface area (Å²) in [5.74, 6) is 0.436. The first-order valence-corrected chi connectivity index (χ1v) is 13.5. The van der Waals surface area contributed by atoms with Gasteiger partial charge in [0.05, 0.1) is 23.6 Å². The highest BCUT2D eigenvalue weighted by Gasteiger charge is 2.31. The van der Waals surface area contributed by atoms with E-state index >= 15 is 0 Å². The Balaban J connectivity index is 1.40. The molecule has 5 rings (SSSR count). The van der Waals surface area contributed by atoms with Crippen molar-refractivity contribution < 1.29 is 13.5 Å². The van der Waals surface area contributed by atoms with Crippen molar-refractivity contribution in [2.45, 2.75) is 25.1 Å². The van der Waals surface area contributed by atoms with Gasteiger partial charge in [-0.15, -0.1) is 0 Å². The molecular formula is C33H33FN4O3. The minimum atomic E-state index is -0.437. The highest BCUT2D eigenvalue weighted by atomic mass is 19.1. The lowest BCUT2D eigenvalue weighted by Gasteiger charge is -2.39. The topological polar surface area (TPSA) is 83.4 Å². The number of piperidine rings is 1. The Hall–Kier alpha value is -4.53. The van der Waals surface area contributed by atoms with Crippen LogP contribution in [0.3, 0.4) is 0 Å². The van der Waals surface area contributed by atoms with E-state index in [0.717, 1.165) is 34.3 Å². The normalized spacial score (nSPS) is 18.2. The van der Waals surface area contributed by atoms with Gasteiger partial charge in [-0.3, -0.25) is 0 Å². The number of pyridine rings is 1. The van der Waals surface area contributed by atoms with Gasteiger partial charge in [0.25, 0.3) is 0 Å². The second-order valence-electron chi connectivity index (χ2n) is 9.96. The summed E-state index contributed by atoms with van der Waals surface area (Å²) in [6.45, 7) is 17.4. The molecule has 1 aliphatic heterocycles. The van der Waals surface area contributed by atoms with E-state index in [2.05, 4.69) is 46.5 Å². The van der Waals surface area contributed by atoms with Crippen LogP contribution in [0.1, 0.15) is 12.1 Å². The molecule has 0 aliphatic carbocycles. The maximum absolute atomic E-state index is 14.2. The van der Waals surface area contributed by atoms with Crippen LogP contribution >= 0.6 is 0 Å². The van der Waals surface area contributed by atoms with E-state index in [1.165, 1.54) is 12.1 Å². The van der Waals surface area contributed by atoms with Crippen molar-refractivity contribution in [3.05, 3.63) is 119 Å². The van der Waals surface area contributed by atoms with Crippen molar-refractivity contribution in [1.82, 2.24) is 15.3 Å². The van der Waals surface area contributed by atoms with Crippen LogP contribution in [0.25, 0.3) is 34.3 Å². The van der Waals surface area contributed by atoms with Crippen LogP contribution in [0.2, 0.25) is 0 Å². The number of nitrogens with one attached hydrogen (secondary N) is 2. The number of aromatic amines is 1. The SMILES string of the molecule is C=C/C=c1\c(=C)oc(=O)c2cc(CNC3CCN(c4nccc5ccc(F)cc45)CC3OC/C(C=C)=C/C=C)[nH]c12. The number of fused-ring (bicyclic) bond motifs is 2. The maximum Gasteiger partial charge on any atom is 0.345 e. The molecule has 7 nitrogen and oxygen atoms in total. The number of hydrogen-bond donors (Lipinski definition) is 2. The monoisotopic (exact) mass is 552 g/mol. The summed E-state index contributed by atoms with van der Waals surface area (Å²) in [6.07, 6.45) is 11.0. The molecule has 1 fully saturated rings. The minimum Gasteiger partial charge on any atom is -0.423 e. The van der Waals surface area contributed by atoms with Gasteiger partial charge in [-0.05, 0) is 47.7 Å². The number of nitrogens with zero attached hydrogens (tertiary/aromatic N) is 2. The van der Waals surface area contributed by atoms with Crippen LogP contribution in [-0.4, -0.2) is 41.8 Å². The van der Waals surface area contributed by atoms with Crippen molar-refractivity contribution in [2.24, 2.45) is 0 Å². The maximum atomic E-state index is 14.2. The number of anilines is 1. The summed E-state index contributed by atoms with van der Waals surface area (Å²) in [4.78, 5) is 22.6. The summed E-state index contributed by atoms with van der Waals surface area (Å²) in [6, 6.07) is 8.44. The molecule has 2 atom stereocenters. The Bertz CT molecular complexity index is 1820. The highest BCUT2D eigenvalue weighted by molar-refractivity contribution is 5.92. The molecule has 0 spiro atoms. The molecule has 3 aromatic heterocycles. The summed E-state index contributed by atoms with van der Waals surface area (Å²) in [5, 5.41) is 6.47. The molecule has 4 heterocycles. The Morgan fingerprint density at radius 3 is 2.85 bits per heavy atom. The lowest BCUT2D eigenvalue weighted by Crippen LogP contribution is -2.54. The van der Waals surface area contributed by atoms with Crippen molar-refractivity contribution in [3.63, 3.8) is 0 Å². The van der Waals surface area contributed by atoms with Crippen LogP contribution in [0.4, 0.5) is 10.2 Å². The van der Waals surface area contributed by atoms with E-state index in [1.807, 2.05) is 12.1 Å². The zero-order valence-electron chi connectivity index (χ0n) is 22.9. The van der Waals surface area contributed by atoms with E-state index in [9.17, 15) is 9.18 Å². The van der Waals surface area contributed by atoms with Crippen LogP contribution in [-0.2, 0) is 11.3 Å². The molecular weight excluding hydrogens is 519 g/mol. The van der Waals surface area contributed by atoms with Gasteiger partial charge in [0, 0.05) is 48.2 Å². The fourth-order valence-electron chi connectivity index (χ4n) is 5.29. The Morgan fingerprint density at radius 1 is 1.22 bits per heavy atom. The Labute approximate surface area is 237 Å². The standard InChI is InChI=1S/C33H33FN4O3/c1-5-8-22(7-3)20-40-30-19-38(32-27-16-24(34)11-10-23(27)12-14-35-32)15-13-29(30)36-18-25-17-28-31(37-25)26(9-6-2)21(4)41-33(28)39/h5-12,14,16-17,29-30,36-37H,1-4,13,15,18-20H2/b22-8+,26-9+. The summed E-state index contributed by atoms with van der Waals surface area (Å²) in [5.41, 5.74) is 2.27. The number of halogens is 1. The van der Waals surface area contributed by atoms with Crippen molar-refractivity contribution >= 4 is 40.1 Å². The van der Waals surface area contributed by atoms with E-state index < -0.39 is 5.63 Å². The molecule has 2 N–H and O–H groups in total. The molecule has 1 aliphatic rings. The summed E-state index contributed by atoms with van der Waals surface area (Å²) >= 11 is 0. The Kier molecular flexibility index (Phi) is 8.42. The molecule has 2 unspecified atom stereocenters. The quantitative estimate of drug-likeness (QED) is 0.287. The first kappa shape index (κ1) is 28.0. The largest absolute Gasteiger partial charge is 0.423 e. The minimum absolute atomic E-state index is 0.00167. The molecule has 1 aromatic carbocycles. The zero-order chi connectivity index (χ0) is 28.9. The van der Waals surface area contributed by atoms with Gasteiger partial charge in [0.1, 0.15) is 17.1 Å². The Morgan fingerprint density at radius 2 is 2.07 bits per heavy atom. The van der Waals surface area contributed by atoms with Crippen LogP contribution in [0.5, 0.6) is 0 Å². The zero-order valence-corrected chi connectivity index (χ0v) is 22.9. The van der Waals surface area contributed by atoms with Gasteiger partial charge in [0.15, 0.2) is 0 Å². The van der Waals surface area contributed by atoms with Crippen LogP contribution in [0, 0.1) is 5.82 Å². The molecule has 4 aromatic rings. The van der Waals surface area contributed by atoms with E-state index in [-0.39, 0.29) is 23.4 Å². The molecule has 0 radical (unpaired) electrons. The van der Waals surface area contributed by atoms with Gasteiger partial charge in [-0.2, -0.15) is 0 Å². The molecule has 8 heteroatoms. The third kappa shape index (κ3) is 5.99. The first-order valence-electron chi connectivity index (χ1n) is 13.5. The summed E-state index contributed by atoms with van der Waals surface area (Å²) in [7, 11) is 0. The fourth-order valence-corrected chi connectivity index (χ4v) is 5.29. The predicted octanol–water partition coefficient (Wildman–Crippen LogP) is 4.24. The van der Waals surface area contributed by atoms with Gasteiger partial charge in [0.2, 0.25) is 0 Å². The first-order chi connectivity index (χ1) is 19.9. The van der Waals surface area contributed by atoms with Crippen molar-refractivity contribution in [3.8, 4) is 0 Å². The second-order valence-corrected chi connectivity index (χ2v) is 9.96. The number of aromatic nitrogens is 2. The van der Waals surface area contributed by atoms with Gasteiger partial charge in [-0.1, -0.05) is 56.7 Å². The van der Waals surface area contributed by atoms with E-state index in [4.69, 9.17) is 9.15 Å². The average Bonchev–Trinajstić information content (AvgIpc) is 3.41. The number of H-pyrrole nitrogens is 1. The average molecular weight is 553 g/mol. The molecule has 210 valence electrons. The van der Waals surface area contributed by atoms with Crippen molar-refractivity contribution in [2.75, 3.05) is 24.6 Å². The predicted molar refractivity (Wildman–Crippen MR) is 164 cm³/mol. The molecule has 41 heavy (non-hydrogen) atoms. The van der Waals surface area contributed by atoms with Crippen molar-refractivity contribution in [1.29, 1.82) is 0 Å². The van der Waals surface area contributed by atoms with Crippen LogP contribution in [0.15, 0.2) is 95.4 Å². The molecule has 1 saturated heterocycles. The van der Waals surface area contributed by atoms with Gasteiger partial charge >= 0.3 is 5.63 Å². The summed E-state index contributed by atoms with van der Waals surface area (Å²) < 4.78 is 25.9. The smallest absolute Gasteiger partial charge is 0.345 e. The molecule has 0 bridgehead atoms. The highest BCUT2D eigenvalue weighted by Crippen LogP contribution is 2.28. The number of benzene rings is 1. The number of rotatable bonds is 10. The lowest BCUT2D eigenvalue weighted by atomic mass is 10.0. The number of ether oxygens (including phenoxy) is 1.